The van der Waals surface area contributed by atoms with Crippen molar-refractivity contribution in [2.24, 2.45) is 0 Å². The Balaban J connectivity index is 0.000000293. The van der Waals surface area contributed by atoms with Crippen LogP contribution in [0.2, 0.25) is 0 Å². The van der Waals surface area contributed by atoms with Crippen LogP contribution in [0, 0.1) is 0 Å². The first-order valence-electron chi connectivity index (χ1n) is 3.59. The summed E-state index contributed by atoms with van der Waals surface area (Å²) in [5.74, 6) is 0.578. The van der Waals surface area contributed by atoms with Crippen LogP contribution in [0.15, 0.2) is 12.4 Å². The molecule has 1 amide bonds. The second-order valence-corrected chi connectivity index (χ2v) is 2.15. The Kier molecular flexibility index (Phi) is 3.36. The van der Waals surface area contributed by atoms with Crippen molar-refractivity contribution in [3.63, 3.8) is 0 Å². The monoisotopic (exact) mass is 197 g/mol. The third-order valence-electron chi connectivity index (χ3n) is 1.26. The Morgan fingerprint density at radius 1 is 1.50 bits per heavy atom. The van der Waals surface area contributed by atoms with Crippen molar-refractivity contribution in [1.82, 2.24) is 9.97 Å². The number of hydrogen-bond acceptors (Lipinski definition) is 5. The van der Waals surface area contributed by atoms with Gasteiger partial charge in [-0.15, -0.1) is 0 Å². The van der Waals surface area contributed by atoms with E-state index in [1.165, 1.54) is 12.4 Å². The number of amides is 1. The third kappa shape index (κ3) is 2.41. The lowest BCUT2D eigenvalue weighted by Crippen LogP contribution is -2.26. The molecule has 7 nitrogen and oxygen atoms in total. The van der Waals surface area contributed by atoms with Gasteiger partial charge >= 0.3 is 0 Å². The van der Waals surface area contributed by atoms with E-state index in [4.69, 9.17) is 14.6 Å². The molecule has 0 atom stereocenters. The van der Waals surface area contributed by atoms with Gasteiger partial charge in [0.25, 0.3) is 18.3 Å². The van der Waals surface area contributed by atoms with E-state index in [1.807, 2.05) is 0 Å². The van der Waals surface area contributed by atoms with E-state index in [-0.39, 0.29) is 19.0 Å². The molecule has 2 N–H and O–H groups in total. The van der Waals surface area contributed by atoms with Crippen molar-refractivity contribution in [1.29, 1.82) is 0 Å². The highest BCUT2D eigenvalue weighted by atomic mass is 16.5. The maximum Gasteiger partial charge on any atom is 0.290 e. The van der Waals surface area contributed by atoms with Crippen LogP contribution in [-0.4, -0.2) is 34.1 Å². The molecule has 0 bridgehead atoms. The topological polar surface area (TPSA) is 101 Å². The summed E-state index contributed by atoms with van der Waals surface area (Å²) in [5, 5.41) is 9.41. The molecular weight excluding hydrogens is 190 g/mol. The summed E-state index contributed by atoms with van der Waals surface area (Å²) >= 11 is 0. The van der Waals surface area contributed by atoms with E-state index in [9.17, 15) is 4.79 Å². The predicted octanol–water partition coefficient (Wildman–Crippen LogP) is -0.492. The number of aromatic nitrogens is 2. The quantitative estimate of drug-likeness (QED) is 0.544. The Morgan fingerprint density at radius 3 is 2.86 bits per heavy atom. The van der Waals surface area contributed by atoms with Crippen molar-refractivity contribution in [2.75, 3.05) is 11.9 Å². The summed E-state index contributed by atoms with van der Waals surface area (Å²) in [7, 11) is 0. The first kappa shape index (κ1) is 9.90. The van der Waals surface area contributed by atoms with Gasteiger partial charge in [-0.3, -0.25) is 9.59 Å². The maximum atomic E-state index is 10.7. The third-order valence-corrected chi connectivity index (χ3v) is 1.26. The molecule has 14 heavy (non-hydrogen) atoms. The smallest absolute Gasteiger partial charge is 0.290 e. The number of carbonyl (C=O) groups excluding carboxylic acids is 1. The molecular formula is C7H7N3O4. The number of hydrogen-bond donors (Lipinski definition) is 2. The highest BCUT2D eigenvalue weighted by Crippen LogP contribution is 2.19. The van der Waals surface area contributed by atoms with Crippen LogP contribution in [0.4, 0.5) is 5.82 Å². The largest absolute Gasteiger partial charge is 0.483 e. The van der Waals surface area contributed by atoms with Crippen molar-refractivity contribution in [3.8, 4) is 5.88 Å². The summed E-state index contributed by atoms with van der Waals surface area (Å²) in [4.78, 5) is 26.8. The van der Waals surface area contributed by atoms with Crippen LogP contribution < -0.4 is 10.1 Å². The number of ether oxygens (including phenoxy) is 1. The average molecular weight is 197 g/mol. The number of nitrogens with one attached hydrogen (secondary N) is 1. The lowest BCUT2D eigenvalue weighted by Gasteiger charge is -2.13. The second kappa shape index (κ2) is 4.75. The number of fused-ring (bicyclic) bond motifs is 1. The Bertz CT molecular complexity index is 341. The van der Waals surface area contributed by atoms with E-state index in [1.54, 1.807) is 0 Å². The highest BCUT2D eigenvalue weighted by molar-refractivity contribution is 5.93. The average Bonchev–Trinajstić information content (AvgIpc) is 2.19. The molecule has 1 aromatic heterocycles. The molecule has 2 heterocycles. The summed E-state index contributed by atoms with van der Waals surface area (Å²) in [6, 6.07) is 0. The molecule has 0 spiro atoms. The van der Waals surface area contributed by atoms with Crippen molar-refractivity contribution in [2.45, 2.75) is 0 Å². The van der Waals surface area contributed by atoms with Gasteiger partial charge in [-0.25, -0.2) is 9.97 Å². The molecule has 0 saturated heterocycles. The normalized spacial score (nSPS) is 12.4. The molecule has 0 saturated carbocycles. The van der Waals surface area contributed by atoms with Crippen LogP contribution in [-0.2, 0) is 9.59 Å². The standard InChI is InChI=1S/C6H5N3O2.CH2O2/c10-4-3-11-6-5(9-4)7-1-2-8-6;2-1-3/h1-2H,3H2,(H,7,9,10);1H,(H,2,3). The minimum absolute atomic E-state index is 0.0195. The molecule has 1 aromatic rings. The SMILES string of the molecule is O=C1COc2nccnc2N1.O=CO. The zero-order valence-corrected chi connectivity index (χ0v) is 7.01. The molecule has 0 aliphatic carbocycles. The fourth-order valence-corrected chi connectivity index (χ4v) is 0.819. The van der Waals surface area contributed by atoms with E-state index in [2.05, 4.69) is 15.3 Å². The Morgan fingerprint density at radius 2 is 2.14 bits per heavy atom. The van der Waals surface area contributed by atoms with Gasteiger partial charge in [0.1, 0.15) is 0 Å². The number of carbonyl (C=O) groups is 2. The highest BCUT2D eigenvalue weighted by Gasteiger charge is 2.16. The minimum atomic E-state index is -0.250. The zero-order chi connectivity index (χ0) is 10.4. The van der Waals surface area contributed by atoms with Gasteiger partial charge in [-0.1, -0.05) is 0 Å². The van der Waals surface area contributed by atoms with Gasteiger partial charge in [-0.2, -0.15) is 0 Å². The van der Waals surface area contributed by atoms with Crippen LogP contribution >= 0.6 is 0 Å². The van der Waals surface area contributed by atoms with Crippen LogP contribution in [0.5, 0.6) is 5.88 Å². The molecule has 0 aromatic carbocycles. The number of carboxylic acid groups (broad SMARTS) is 1. The van der Waals surface area contributed by atoms with E-state index < -0.39 is 0 Å². The van der Waals surface area contributed by atoms with Gasteiger partial charge < -0.3 is 15.2 Å². The summed E-state index contributed by atoms with van der Waals surface area (Å²) in [6.45, 7) is -0.230. The van der Waals surface area contributed by atoms with Gasteiger partial charge in [0.15, 0.2) is 12.4 Å². The zero-order valence-electron chi connectivity index (χ0n) is 7.01. The number of anilines is 1. The predicted molar refractivity (Wildman–Crippen MR) is 44.8 cm³/mol. The molecule has 7 heteroatoms. The second-order valence-electron chi connectivity index (χ2n) is 2.15. The van der Waals surface area contributed by atoms with Crippen molar-refractivity contribution >= 4 is 18.2 Å². The molecule has 74 valence electrons. The summed E-state index contributed by atoms with van der Waals surface area (Å²) < 4.78 is 4.95. The molecule has 1 aliphatic heterocycles. The van der Waals surface area contributed by atoms with Gasteiger partial charge in [0.05, 0.1) is 0 Å². The van der Waals surface area contributed by atoms with Crippen LogP contribution in [0.3, 0.4) is 0 Å². The Labute approximate surface area is 78.7 Å². The fourth-order valence-electron chi connectivity index (χ4n) is 0.819. The maximum absolute atomic E-state index is 10.7. The molecule has 0 radical (unpaired) electrons. The number of nitrogens with zero attached hydrogens (tertiary/aromatic N) is 2. The van der Waals surface area contributed by atoms with Gasteiger partial charge in [0, 0.05) is 12.4 Å². The number of rotatable bonds is 0. The van der Waals surface area contributed by atoms with E-state index >= 15 is 0 Å². The minimum Gasteiger partial charge on any atom is -0.483 e. The molecule has 0 fully saturated rings. The fraction of sp³-hybridized carbons (Fsp3) is 0.143. The first-order chi connectivity index (χ1) is 6.77. The Hall–Kier alpha value is -2.18. The lowest BCUT2D eigenvalue weighted by molar-refractivity contribution is -0.123. The summed E-state index contributed by atoms with van der Waals surface area (Å²) in [5.41, 5.74) is 0. The molecule has 0 unspecified atom stereocenters. The van der Waals surface area contributed by atoms with Crippen molar-refractivity contribution < 1.29 is 19.4 Å². The lowest BCUT2D eigenvalue weighted by atomic mass is 10.5. The van der Waals surface area contributed by atoms with Crippen LogP contribution in [0.25, 0.3) is 0 Å². The summed E-state index contributed by atoms with van der Waals surface area (Å²) in [6.07, 6.45) is 3.00. The first-order valence-corrected chi connectivity index (χ1v) is 3.59. The molecule has 2 rings (SSSR count). The van der Waals surface area contributed by atoms with E-state index in [0.717, 1.165) is 0 Å². The molecule has 1 aliphatic rings. The van der Waals surface area contributed by atoms with Crippen molar-refractivity contribution in [3.05, 3.63) is 12.4 Å². The van der Waals surface area contributed by atoms with Gasteiger partial charge in [-0.05, 0) is 0 Å². The van der Waals surface area contributed by atoms with E-state index in [0.29, 0.717) is 11.7 Å². The van der Waals surface area contributed by atoms with Gasteiger partial charge in [0.2, 0.25) is 0 Å². The van der Waals surface area contributed by atoms with Crippen LogP contribution in [0.1, 0.15) is 0 Å².